The van der Waals surface area contributed by atoms with Gasteiger partial charge in [0.25, 0.3) is 5.91 Å². The molecule has 1 N–H and O–H groups in total. The number of hydrogen-bond acceptors (Lipinski definition) is 8. The standard InChI is InChI=1S/C25H28N2O6S/c1-4-30-20-10-11-22(31-5-2)21(13-20)27-23(28)14-33-25(29)12-18-16-34-24(26-18)15-32-19-8-6-17(3)7-9-19/h6-11,13,16H,4-5,12,14-15H2,1-3H3,(H,27,28). The number of thiazole rings is 1. The summed E-state index contributed by atoms with van der Waals surface area (Å²) in [6.07, 6.45) is -0.0294. The van der Waals surface area contributed by atoms with Crippen molar-refractivity contribution in [3.8, 4) is 17.2 Å². The van der Waals surface area contributed by atoms with E-state index < -0.39 is 18.5 Å². The van der Waals surface area contributed by atoms with Crippen LogP contribution in [0.15, 0.2) is 47.8 Å². The van der Waals surface area contributed by atoms with Crippen LogP contribution in [-0.4, -0.2) is 36.7 Å². The number of rotatable bonds is 12. The van der Waals surface area contributed by atoms with Crippen molar-refractivity contribution in [3.05, 3.63) is 64.1 Å². The maximum Gasteiger partial charge on any atom is 0.312 e. The van der Waals surface area contributed by atoms with Gasteiger partial charge in [0.15, 0.2) is 6.61 Å². The van der Waals surface area contributed by atoms with E-state index >= 15 is 0 Å². The van der Waals surface area contributed by atoms with Crippen molar-refractivity contribution in [1.29, 1.82) is 0 Å². The molecule has 0 aliphatic heterocycles. The molecule has 0 aliphatic rings. The van der Waals surface area contributed by atoms with Crippen LogP contribution in [0.5, 0.6) is 17.2 Å². The molecule has 0 atom stereocenters. The van der Waals surface area contributed by atoms with Gasteiger partial charge in [-0.2, -0.15) is 0 Å². The van der Waals surface area contributed by atoms with E-state index in [0.717, 1.165) is 16.3 Å². The van der Waals surface area contributed by atoms with Crippen molar-refractivity contribution in [2.45, 2.75) is 33.8 Å². The van der Waals surface area contributed by atoms with Crippen molar-refractivity contribution >= 4 is 28.9 Å². The molecule has 3 rings (SSSR count). The predicted octanol–water partition coefficient (Wildman–Crippen LogP) is 4.55. The molecule has 3 aromatic rings. The second kappa shape index (κ2) is 12.6. The van der Waals surface area contributed by atoms with Crippen molar-refractivity contribution < 1.29 is 28.5 Å². The molecule has 1 amide bonds. The molecule has 34 heavy (non-hydrogen) atoms. The second-order valence-electron chi connectivity index (χ2n) is 7.24. The fraction of sp³-hybridized carbons (Fsp3) is 0.320. The largest absolute Gasteiger partial charge is 0.494 e. The third-order valence-corrected chi connectivity index (χ3v) is 5.38. The fourth-order valence-electron chi connectivity index (χ4n) is 2.95. The highest BCUT2D eigenvalue weighted by molar-refractivity contribution is 7.09. The molecule has 0 saturated heterocycles. The molecule has 180 valence electrons. The van der Waals surface area contributed by atoms with Crippen LogP contribution in [0.3, 0.4) is 0 Å². The van der Waals surface area contributed by atoms with Crippen molar-refractivity contribution in [3.63, 3.8) is 0 Å². The number of nitrogens with one attached hydrogen (secondary N) is 1. The Balaban J connectivity index is 1.46. The van der Waals surface area contributed by atoms with Gasteiger partial charge in [-0.25, -0.2) is 4.98 Å². The lowest BCUT2D eigenvalue weighted by Gasteiger charge is -2.13. The normalized spacial score (nSPS) is 10.4. The van der Waals surface area contributed by atoms with Gasteiger partial charge in [0.05, 0.1) is 31.0 Å². The van der Waals surface area contributed by atoms with Gasteiger partial charge < -0.3 is 24.3 Å². The second-order valence-corrected chi connectivity index (χ2v) is 8.19. The summed E-state index contributed by atoms with van der Waals surface area (Å²) in [5, 5.41) is 5.23. The quantitative estimate of drug-likeness (QED) is 0.377. The number of ether oxygens (including phenoxy) is 4. The minimum absolute atomic E-state index is 0.0294. The lowest BCUT2D eigenvalue weighted by Crippen LogP contribution is -2.22. The molecular formula is C25H28N2O6S. The Morgan fingerprint density at radius 2 is 1.71 bits per heavy atom. The molecular weight excluding hydrogens is 456 g/mol. The number of nitrogens with zero attached hydrogens (tertiary/aromatic N) is 1. The zero-order valence-corrected chi connectivity index (χ0v) is 20.3. The number of esters is 1. The lowest BCUT2D eigenvalue weighted by atomic mass is 10.2. The Hall–Kier alpha value is -3.59. The van der Waals surface area contributed by atoms with Gasteiger partial charge in [-0.05, 0) is 45.0 Å². The molecule has 0 fully saturated rings. The van der Waals surface area contributed by atoms with Gasteiger partial charge in [-0.1, -0.05) is 17.7 Å². The number of carbonyl (C=O) groups excluding carboxylic acids is 2. The molecule has 0 bridgehead atoms. The highest BCUT2D eigenvalue weighted by Gasteiger charge is 2.14. The first-order valence-corrected chi connectivity index (χ1v) is 11.8. The Labute approximate surface area is 202 Å². The molecule has 0 unspecified atom stereocenters. The minimum atomic E-state index is -0.542. The summed E-state index contributed by atoms with van der Waals surface area (Å²) in [4.78, 5) is 28.9. The zero-order chi connectivity index (χ0) is 24.3. The summed E-state index contributed by atoms with van der Waals surface area (Å²) in [5.41, 5.74) is 2.18. The van der Waals surface area contributed by atoms with Crippen LogP contribution in [0.25, 0.3) is 0 Å². The first-order valence-electron chi connectivity index (χ1n) is 10.9. The van der Waals surface area contributed by atoms with Gasteiger partial charge in [-0.15, -0.1) is 11.3 Å². The summed E-state index contributed by atoms with van der Waals surface area (Å²) < 4.78 is 21.8. The highest BCUT2D eigenvalue weighted by atomic mass is 32.1. The van der Waals surface area contributed by atoms with Gasteiger partial charge in [0, 0.05) is 11.4 Å². The van der Waals surface area contributed by atoms with E-state index in [4.69, 9.17) is 18.9 Å². The molecule has 1 aromatic heterocycles. The van der Waals surface area contributed by atoms with Gasteiger partial charge >= 0.3 is 5.97 Å². The monoisotopic (exact) mass is 484 g/mol. The molecule has 0 radical (unpaired) electrons. The van der Waals surface area contributed by atoms with E-state index in [0.29, 0.717) is 42.7 Å². The zero-order valence-electron chi connectivity index (χ0n) is 19.5. The third-order valence-electron chi connectivity index (χ3n) is 4.51. The average Bonchev–Trinajstić information content (AvgIpc) is 3.26. The van der Waals surface area contributed by atoms with Crippen LogP contribution in [0.2, 0.25) is 0 Å². The number of aryl methyl sites for hydroxylation is 1. The summed E-state index contributed by atoms with van der Waals surface area (Å²) in [6.45, 7) is 6.56. The minimum Gasteiger partial charge on any atom is -0.494 e. The lowest BCUT2D eigenvalue weighted by molar-refractivity contribution is -0.146. The van der Waals surface area contributed by atoms with Crippen LogP contribution in [0.1, 0.15) is 30.1 Å². The van der Waals surface area contributed by atoms with E-state index in [1.54, 1.807) is 23.6 Å². The number of carbonyl (C=O) groups is 2. The third kappa shape index (κ3) is 7.77. The maximum absolute atomic E-state index is 12.3. The number of benzene rings is 2. The summed E-state index contributed by atoms with van der Waals surface area (Å²) in [5.74, 6) is 0.845. The SMILES string of the molecule is CCOc1ccc(OCC)c(NC(=O)COC(=O)Cc2csc(COc3ccc(C)cc3)n2)c1. The summed E-state index contributed by atoms with van der Waals surface area (Å²) in [7, 11) is 0. The maximum atomic E-state index is 12.3. The van der Waals surface area contributed by atoms with Crippen molar-refractivity contribution in [1.82, 2.24) is 4.98 Å². The predicted molar refractivity (Wildman–Crippen MR) is 130 cm³/mol. The molecule has 0 spiro atoms. The van der Waals surface area contributed by atoms with E-state index in [2.05, 4.69) is 10.3 Å². The number of aromatic nitrogens is 1. The van der Waals surface area contributed by atoms with Crippen LogP contribution in [0.4, 0.5) is 5.69 Å². The molecule has 9 heteroatoms. The summed E-state index contributed by atoms with van der Waals surface area (Å²) in [6, 6.07) is 12.9. The Morgan fingerprint density at radius 3 is 2.44 bits per heavy atom. The average molecular weight is 485 g/mol. The first kappa shape index (κ1) is 25.0. The Bertz CT molecular complexity index is 1100. The molecule has 1 heterocycles. The fourth-order valence-corrected chi connectivity index (χ4v) is 3.66. The highest BCUT2D eigenvalue weighted by Crippen LogP contribution is 2.29. The van der Waals surface area contributed by atoms with Gasteiger partial charge in [0.2, 0.25) is 0 Å². The van der Waals surface area contributed by atoms with Gasteiger partial charge in [-0.3, -0.25) is 9.59 Å². The summed E-state index contributed by atoms with van der Waals surface area (Å²) >= 11 is 1.40. The van der Waals surface area contributed by atoms with Crippen LogP contribution < -0.4 is 19.5 Å². The molecule has 0 aliphatic carbocycles. The molecule has 0 saturated carbocycles. The van der Waals surface area contributed by atoms with E-state index in [9.17, 15) is 9.59 Å². The van der Waals surface area contributed by atoms with Crippen LogP contribution in [-0.2, 0) is 27.4 Å². The molecule has 8 nitrogen and oxygen atoms in total. The smallest absolute Gasteiger partial charge is 0.312 e. The first-order chi connectivity index (χ1) is 16.5. The van der Waals surface area contributed by atoms with E-state index in [1.165, 1.54) is 11.3 Å². The van der Waals surface area contributed by atoms with E-state index in [1.807, 2.05) is 45.0 Å². The van der Waals surface area contributed by atoms with Gasteiger partial charge in [0.1, 0.15) is 28.9 Å². The molecule has 2 aromatic carbocycles. The number of amides is 1. The van der Waals surface area contributed by atoms with Crippen molar-refractivity contribution in [2.75, 3.05) is 25.1 Å². The van der Waals surface area contributed by atoms with Crippen molar-refractivity contribution in [2.24, 2.45) is 0 Å². The topological polar surface area (TPSA) is 96.0 Å². The Kier molecular flexibility index (Phi) is 9.28. The van der Waals surface area contributed by atoms with Crippen LogP contribution in [0, 0.1) is 6.92 Å². The van der Waals surface area contributed by atoms with Crippen LogP contribution >= 0.6 is 11.3 Å². The van der Waals surface area contributed by atoms with E-state index in [-0.39, 0.29) is 6.42 Å². The number of hydrogen-bond donors (Lipinski definition) is 1. The number of anilines is 1. The Morgan fingerprint density at radius 1 is 0.971 bits per heavy atom.